The van der Waals surface area contributed by atoms with Gasteiger partial charge >= 0.3 is 0 Å². The Kier molecular flexibility index (Phi) is 6.26. The van der Waals surface area contributed by atoms with E-state index in [0.29, 0.717) is 6.07 Å². The Balaban J connectivity index is 2.12. The maximum Gasteiger partial charge on any atom is 0.255 e. The Hall–Kier alpha value is -3.12. The van der Waals surface area contributed by atoms with Crippen LogP contribution in [0.25, 0.3) is 0 Å². The van der Waals surface area contributed by atoms with Gasteiger partial charge < -0.3 is 15.4 Å². The Morgan fingerprint density at radius 2 is 1.79 bits per heavy atom. The van der Waals surface area contributed by atoms with E-state index >= 15 is 0 Å². The van der Waals surface area contributed by atoms with Crippen molar-refractivity contribution >= 4 is 27.5 Å². The SMILES string of the molecule is COc1ccc(S(N)(=O)=O)cc1C(=O)NCC(=O)Nc1ccc(F)c(F)c1F. The molecule has 0 atom stereocenters. The van der Waals surface area contributed by atoms with Crippen LogP contribution < -0.4 is 20.5 Å². The Labute approximate surface area is 157 Å². The van der Waals surface area contributed by atoms with E-state index in [0.717, 1.165) is 18.2 Å². The van der Waals surface area contributed by atoms with E-state index in [2.05, 4.69) is 5.32 Å². The highest BCUT2D eigenvalue weighted by molar-refractivity contribution is 7.89. The summed E-state index contributed by atoms with van der Waals surface area (Å²) in [7, 11) is -2.85. The minimum Gasteiger partial charge on any atom is -0.496 e. The number of hydrogen-bond acceptors (Lipinski definition) is 5. The second-order valence-corrected chi connectivity index (χ2v) is 6.92. The molecule has 150 valence electrons. The van der Waals surface area contributed by atoms with Crippen LogP contribution in [0.4, 0.5) is 18.9 Å². The lowest BCUT2D eigenvalue weighted by Crippen LogP contribution is -2.33. The number of primary sulfonamides is 1. The van der Waals surface area contributed by atoms with Gasteiger partial charge in [0.05, 0.1) is 29.8 Å². The van der Waals surface area contributed by atoms with Crippen LogP contribution >= 0.6 is 0 Å². The van der Waals surface area contributed by atoms with Gasteiger partial charge in [-0.15, -0.1) is 0 Å². The van der Waals surface area contributed by atoms with E-state index in [1.807, 2.05) is 5.32 Å². The van der Waals surface area contributed by atoms with Gasteiger partial charge in [0, 0.05) is 0 Å². The fourth-order valence-electron chi connectivity index (χ4n) is 2.11. The van der Waals surface area contributed by atoms with Crippen molar-refractivity contribution in [2.75, 3.05) is 19.0 Å². The molecule has 0 radical (unpaired) electrons. The molecule has 0 spiro atoms. The van der Waals surface area contributed by atoms with Crippen LogP contribution in [0, 0.1) is 17.5 Å². The van der Waals surface area contributed by atoms with Gasteiger partial charge in [0.2, 0.25) is 15.9 Å². The molecule has 0 saturated carbocycles. The first kappa shape index (κ1) is 21.2. The monoisotopic (exact) mass is 417 g/mol. The van der Waals surface area contributed by atoms with E-state index < -0.39 is 51.5 Å². The minimum absolute atomic E-state index is 0.0111. The summed E-state index contributed by atoms with van der Waals surface area (Å²) < 4.78 is 67.3. The van der Waals surface area contributed by atoms with Crippen LogP contribution in [0.15, 0.2) is 35.2 Å². The number of carbonyl (C=O) groups excluding carboxylic acids is 2. The van der Waals surface area contributed by atoms with Crippen LogP contribution in [-0.4, -0.2) is 33.9 Å². The molecule has 0 fully saturated rings. The highest BCUT2D eigenvalue weighted by Crippen LogP contribution is 2.22. The molecule has 0 aliphatic rings. The zero-order valence-corrected chi connectivity index (χ0v) is 15.1. The van der Waals surface area contributed by atoms with Crippen molar-refractivity contribution in [3.8, 4) is 5.75 Å². The van der Waals surface area contributed by atoms with Crippen molar-refractivity contribution in [1.82, 2.24) is 5.32 Å². The lowest BCUT2D eigenvalue weighted by atomic mass is 10.2. The molecule has 8 nitrogen and oxygen atoms in total. The number of nitrogens with one attached hydrogen (secondary N) is 2. The van der Waals surface area contributed by atoms with Crippen molar-refractivity contribution in [3.63, 3.8) is 0 Å². The number of amides is 2. The number of carbonyl (C=O) groups is 2. The minimum atomic E-state index is -4.09. The predicted molar refractivity (Wildman–Crippen MR) is 91.6 cm³/mol. The highest BCUT2D eigenvalue weighted by Gasteiger charge is 2.19. The Morgan fingerprint density at radius 3 is 2.39 bits per heavy atom. The van der Waals surface area contributed by atoms with Crippen LogP contribution in [0.3, 0.4) is 0 Å². The van der Waals surface area contributed by atoms with E-state index in [1.54, 1.807) is 0 Å². The first-order valence-electron chi connectivity index (χ1n) is 7.47. The van der Waals surface area contributed by atoms with E-state index in [-0.39, 0.29) is 16.2 Å². The zero-order chi connectivity index (χ0) is 21.1. The fraction of sp³-hybridized carbons (Fsp3) is 0.125. The second-order valence-electron chi connectivity index (χ2n) is 5.36. The molecule has 2 aromatic rings. The van der Waals surface area contributed by atoms with Gasteiger partial charge in [0.25, 0.3) is 5.91 Å². The van der Waals surface area contributed by atoms with Gasteiger partial charge in [0.15, 0.2) is 17.5 Å². The van der Waals surface area contributed by atoms with Gasteiger partial charge in [-0.3, -0.25) is 9.59 Å². The van der Waals surface area contributed by atoms with Crippen LogP contribution in [-0.2, 0) is 14.8 Å². The number of sulfonamides is 1. The second kappa shape index (κ2) is 8.27. The van der Waals surface area contributed by atoms with Crippen LogP contribution in [0.5, 0.6) is 5.75 Å². The molecular formula is C16H14F3N3O5S. The fourth-order valence-corrected chi connectivity index (χ4v) is 2.65. The number of ether oxygens (including phenoxy) is 1. The molecule has 0 aliphatic carbocycles. The molecule has 2 aromatic carbocycles. The maximum atomic E-state index is 13.5. The van der Waals surface area contributed by atoms with Gasteiger partial charge in [-0.2, -0.15) is 0 Å². The van der Waals surface area contributed by atoms with E-state index in [4.69, 9.17) is 9.88 Å². The van der Waals surface area contributed by atoms with E-state index in [1.165, 1.54) is 13.2 Å². The molecular weight excluding hydrogens is 403 g/mol. The summed E-state index contributed by atoms with van der Waals surface area (Å²) in [5.74, 6) is -6.60. The molecule has 4 N–H and O–H groups in total. The number of methoxy groups -OCH3 is 1. The third kappa shape index (κ3) is 4.78. The number of halogens is 3. The summed E-state index contributed by atoms with van der Waals surface area (Å²) in [5.41, 5.74) is -0.840. The molecule has 0 saturated heterocycles. The summed E-state index contributed by atoms with van der Waals surface area (Å²) in [4.78, 5) is 23.7. The van der Waals surface area contributed by atoms with Gasteiger partial charge in [0.1, 0.15) is 5.75 Å². The number of hydrogen-bond donors (Lipinski definition) is 3. The zero-order valence-electron chi connectivity index (χ0n) is 14.3. The van der Waals surface area contributed by atoms with Crippen LogP contribution in [0.1, 0.15) is 10.4 Å². The number of anilines is 1. The third-order valence-electron chi connectivity index (χ3n) is 3.46. The van der Waals surface area contributed by atoms with Crippen molar-refractivity contribution in [1.29, 1.82) is 0 Å². The lowest BCUT2D eigenvalue weighted by Gasteiger charge is -2.11. The summed E-state index contributed by atoms with van der Waals surface area (Å²) in [6, 6.07) is 4.72. The summed E-state index contributed by atoms with van der Waals surface area (Å²) in [6.45, 7) is -0.681. The predicted octanol–water partition coefficient (Wildman–Crippen LogP) is 1.13. The molecule has 2 amide bonds. The largest absolute Gasteiger partial charge is 0.496 e. The number of benzene rings is 2. The van der Waals surface area contributed by atoms with Gasteiger partial charge in [-0.25, -0.2) is 26.7 Å². The van der Waals surface area contributed by atoms with Crippen LogP contribution in [0.2, 0.25) is 0 Å². The molecule has 0 aliphatic heterocycles. The van der Waals surface area contributed by atoms with Crippen molar-refractivity contribution in [3.05, 3.63) is 53.3 Å². The standard InChI is InChI=1S/C16H14F3N3O5S/c1-27-12-5-2-8(28(20,25)26)6-9(12)16(24)21-7-13(23)22-11-4-3-10(17)14(18)15(11)19/h2-6H,7H2,1H3,(H,21,24)(H,22,23)(H2,20,25,26). The molecule has 12 heteroatoms. The Bertz CT molecular complexity index is 1040. The molecule has 2 rings (SSSR count). The molecule has 0 aromatic heterocycles. The molecule has 0 bridgehead atoms. The summed E-state index contributed by atoms with van der Waals surface area (Å²) in [6.07, 6.45) is 0. The smallest absolute Gasteiger partial charge is 0.255 e. The lowest BCUT2D eigenvalue weighted by molar-refractivity contribution is -0.115. The number of rotatable bonds is 6. The molecule has 0 unspecified atom stereocenters. The van der Waals surface area contributed by atoms with Crippen molar-refractivity contribution in [2.24, 2.45) is 5.14 Å². The Morgan fingerprint density at radius 1 is 1.11 bits per heavy atom. The average Bonchev–Trinajstić information content (AvgIpc) is 2.65. The van der Waals surface area contributed by atoms with Crippen molar-refractivity contribution < 1.29 is 35.9 Å². The molecule has 28 heavy (non-hydrogen) atoms. The van der Waals surface area contributed by atoms with Gasteiger partial charge in [-0.05, 0) is 30.3 Å². The third-order valence-corrected chi connectivity index (χ3v) is 4.37. The van der Waals surface area contributed by atoms with Crippen molar-refractivity contribution in [2.45, 2.75) is 4.90 Å². The van der Waals surface area contributed by atoms with Gasteiger partial charge in [-0.1, -0.05) is 0 Å². The number of nitrogens with two attached hydrogens (primary N) is 1. The first-order chi connectivity index (χ1) is 13.0. The quantitative estimate of drug-likeness (QED) is 0.607. The topological polar surface area (TPSA) is 128 Å². The average molecular weight is 417 g/mol. The maximum absolute atomic E-state index is 13.5. The highest BCUT2D eigenvalue weighted by atomic mass is 32.2. The molecule has 0 heterocycles. The normalized spacial score (nSPS) is 11.0. The van der Waals surface area contributed by atoms with E-state index in [9.17, 15) is 31.2 Å². The summed E-state index contributed by atoms with van der Waals surface area (Å²) in [5, 5.41) is 9.13. The first-order valence-corrected chi connectivity index (χ1v) is 9.01. The summed E-state index contributed by atoms with van der Waals surface area (Å²) >= 11 is 0.